The van der Waals surface area contributed by atoms with Gasteiger partial charge in [-0.15, -0.1) is 0 Å². The third-order valence-electron chi connectivity index (χ3n) is 3.47. The standard InChI is InChI=1S/C15H21Cl2NO8/c1-5-15(16,17)14(18)26-10-6-9(23-7(2)19)11(24-8(3)20)12(25-10)13(21)22-4/h9-12,18H,5-6H2,1-4H3/t9?,10-,11+,12?/m1/s1. The Kier molecular flexibility index (Phi) is 8.11. The number of hydrogen-bond donors (Lipinski definition) is 1. The molecule has 0 bridgehead atoms. The molecule has 0 saturated carbocycles. The lowest BCUT2D eigenvalue weighted by molar-refractivity contribution is -0.245. The molecule has 0 radical (unpaired) electrons. The van der Waals surface area contributed by atoms with Crippen LogP contribution in [0.15, 0.2) is 0 Å². The molecule has 1 heterocycles. The van der Waals surface area contributed by atoms with Gasteiger partial charge in [0.25, 0.3) is 0 Å². The van der Waals surface area contributed by atoms with Gasteiger partial charge in [-0.05, 0) is 6.42 Å². The summed E-state index contributed by atoms with van der Waals surface area (Å²) in [5.74, 6) is -2.73. The van der Waals surface area contributed by atoms with Gasteiger partial charge < -0.3 is 23.7 Å². The van der Waals surface area contributed by atoms with Gasteiger partial charge in [-0.3, -0.25) is 15.0 Å². The molecule has 0 aliphatic carbocycles. The highest BCUT2D eigenvalue weighted by atomic mass is 35.5. The SMILES string of the molecule is CCC(Cl)(Cl)C(=N)O[C@@H]1CC(OC(C)=O)[C@H](OC(C)=O)C(C(=O)OC)O1. The maximum absolute atomic E-state index is 12.0. The van der Waals surface area contributed by atoms with Crippen LogP contribution in [-0.2, 0) is 38.1 Å². The van der Waals surface area contributed by atoms with Gasteiger partial charge in [0.15, 0.2) is 16.5 Å². The van der Waals surface area contributed by atoms with Crippen LogP contribution in [0.5, 0.6) is 0 Å². The summed E-state index contributed by atoms with van der Waals surface area (Å²) >= 11 is 11.9. The summed E-state index contributed by atoms with van der Waals surface area (Å²) < 4.78 is 24.0. The van der Waals surface area contributed by atoms with Crippen molar-refractivity contribution in [3.63, 3.8) is 0 Å². The number of alkyl halides is 2. The minimum atomic E-state index is -1.59. The first-order chi connectivity index (χ1) is 12.0. The fraction of sp³-hybridized carbons (Fsp3) is 0.733. The lowest BCUT2D eigenvalue weighted by Gasteiger charge is -2.39. The topological polar surface area (TPSA) is 121 Å². The van der Waals surface area contributed by atoms with Crippen LogP contribution in [0.4, 0.5) is 0 Å². The number of carbonyl (C=O) groups is 3. The average molecular weight is 414 g/mol. The van der Waals surface area contributed by atoms with Gasteiger partial charge in [0.05, 0.1) is 13.5 Å². The monoisotopic (exact) mass is 413 g/mol. The Labute approximate surface area is 160 Å². The van der Waals surface area contributed by atoms with Crippen LogP contribution in [0.25, 0.3) is 0 Å². The molecule has 1 N–H and O–H groups in total. The minimum absolute atomic E-state index is 0.124. The van der Waals surface area contributed by atoms with E-state index in [2.05, 4.69) is 4.74 Å². The largest absolute Gasteiger partial charge is 0.467 e. The second-order valence-electron chi connectivity index (χ2n) is 5.47. The van der Waals surface area contributed by atoms with Crippen LogP contribution in [0.1, 0.15) is 33.6 Å². The molecule has 148 valence electrons. The summed E-state index contributed by atoms with van der Waals surface area (Å²) in [5, 5.41) is 7.84. The van der Waals surface area contributed by atoms with Gasteiger partial charge in [0.2, 0.25) is 12.2 Å². The van der Waals surface area contributed by atoms with E-state index in [1.807, 2.05) is 0 Å². The zero-order valence-electron chi connectivity index (χ0n) is 14.7. The Balaban J connectivity index is 3.07. The van der Waals surface area contributed by atoms with E-state index in [9.17, 15) is 14.4 Å². The van der Waals surface area contributed by atoms with Crippen molar-refractivity contribution < 1.29 is 38.1 Å². The number of esters is 3. The Morgan fingerprint density at radius 1 is 1.15 bits per heavy atom. The van der Waals surface area contributed by atoms with Crippen LogP contribution in [0, 0.1) is 5.41 Å². The maximum atomic E-state index is 12.0. The number of ether oxygens (including phenoxy) is 5. The molecule has 9 nitrogen and oxygen atoms in total. The van der Waals surface area contributed by atoms with Gasteiger partial charge in [0.1, 0.15) is 6.10 Å². The van der Waals surface area contributed by atoms with Crippen LogP contribution in [-0.4, -0.2) is 59.9 Å². The summed E-state index contributed by atoms with van der Waals surface area (Å²) in [6.07, 6.45) is -4.87. The van der Waals surface area contributed by atoms with Crippen molar-refractivity contribution in [2.75, 3.05) is 7.11 Å². The number of rotatable bonds is 6. The molecule has 1 fully saturated rings. The van der Waals surface area contributed by atoms with Gasteiger partial charge in [-0.2, -0.15) is 0 Å². The van der Waals surface area contributed by atoms with Crippen molar-refractivity contribution >= 4 is 47.0 Å². The molecule has 0 amide bonds. The van der Waals surface area contributed by atoms with Crippen molar-refractivity contribution in [2.24, 2.45) is 0 Å². The molecule has 0 spiro atoms. The van der Waals surface area contributed by atoms with Crippen LogP contribution in [0.3, 0.4) is 0 Å². The van der Waals surface area contributed by atoms with Gasteiger partial charge in [0, 0.05) is 13.8 Å². The first kappa shape index (κ1) is 22.5. The number of nitrogens with one attached hydrogen (secondary N) is 1. The second kappa shape index (κ2) is 9.38. The summed E-state index contributed by atoms with van der Waals surface area (Å²) in [5.41, 5.74) is 0. The Bertz CT molecular complexity index is 568. The fourth-order valence-electron chi connectivity index (χ4n) is 2.23. The molecule has 0 aromatic heterocycles. The predicted molar refractivity (Wildman–Crippen MR) is 89.9 cm³/mol. The first-order valence-corrected chi connectivity index (χ1v) is 8.48. The number of halogens is 2. The van der Waals surface area contributed by atoms with E-state index in [0.29, 0.717) is 0 Å². The van der Waals surface area contributed by atoms with Crippen molar-refractivity contribution in [3.05, 3.63) is 0 Å². The molecule has 1 rings (SSSR count). The van der Waals surface area contributed by atoms with Gasteiger partial charge >= 0.3 is 17.9 Å². The second-order valence-corrected chi connectivity index (χ2v) is 6.96. The van der Waals surface area contributed by atoms with E-state index in [1.54, 1.807) is 6.92 Å². The molecule has 2 unspecified atom stereocenters. The van der Waals surface area contributed by atoms with Crippen molar-refractivity contribution in [2.45, 2.75) is 62.5 Å². The average Bonchev–Trinajstić information content (AvgIpc) is 2.55. The van der Waals surface area contributed by atoms with Crippen molar-refractivity contribution in [1.29, 1.82) is 5.41 Å². The number of methoxy groups -OCH3 is 1. The third kappa shape index (κ3) is 6.00. The lowest BCUT2D eigenvalue weighted by atomic mass is 10.0. The fourth-order valence-corrected chi connectivity index (χ4v) is 2.32. The molecule has 0 aromatic carbocycles. The smallest absolute Gasteiger partial charge is 0.339 e. The van der Waals surface area contributed by atoms with Crippen LogP contribution < -0.4 is 0 Å². The Morgan fingerprint density at radius 2 is 1.73 bits per heavy atom. The lowest BCUT2D eigenvalue weighted by Crippen LogP contribution is -2.56. The van der Waals surface area contributed by atoms with E-state index < -0.39 is 52.7 Å². The predicted octanol–water partition coefficient (Wildman–Crippen LogP) is 1.72. The minimum Gasteiger partial charge on any atom is -0.467 e. The Morgan fingerprint density at radius 3 is 2.19 bits per heavy atom. The highest BCUT2D eigenvalue weighted by Crippen LogP contribution is 2.31. The molecule has 1 aliphatic rings. The molecule has 26 heavy (non-hydrogen) atoms. The highest BCUT2D eigenvalue weighted by Gasteiger charge is 2.49. The Hall–Kier alpha value is -1.58. The number of carbonyl (C=O) groups excluding carboxylic acids is 3. The summed E-state index contributed by atoms with van der Waals surface area (Å²) in [4.78, 5) is 34.8. The van der Waals surface area contributed by atoms with Crippen molar-refractivity contribution in [3.8, 4) is 0 Å². The maximum Gasteiger partial charge on any atom is 0.339 e. The van der Waals surface area contributed by atoms with E-state index in [1.165, 1.54) is 0 Å². The zero-order chi connectivity index (χ0) is 20.1. The van der Waals surface area contributed by atoms with E-state index in [0.717, 1.165) is 21.0 Å². The van der Waals surface area contributed by atoms with E-state index in [4.69, 9.17) is 47.6 Å². The normalized spacial score (nSPS) is 25.8. The molecular formula is C15H21Cl2NO8. The quantitative estimate of drug-likeness (QED) is 0.229. The van der Waals surface area contributed by atoms with Gasteiger partial charge in [-0.1, -0.05) is 30.1 Å². The zero-order valence-corrected chi connectivity index (χ0v) is 16.3. The summed E-state index contributed by atoms with van der Waals surface area (Å²) in [6, 6.07) is 0. The molecule has 4 atom stereocenters. The van der Waals surface area contributed by atoms with Crippen LogP contribution in [0.2, 0.25) is 0 Å². The van der Waals surface area contributed by atoms with Crippen molar-refractivity contribution in [1.82, 2.24) is 0 Å². The molecule has 11 heteroatoms. The van der Waals surface area contributed by atoms with Gasteiger partial charge in [-0.25, -0.2) is 4.79 Å². The molecule has 0 aromatic rings. The van der Waals surface area contributed by atoms with E-state index >= 15 is 0 Å². The molecule has 1 saturated heterocycles. The van der Waals surface area contributed by atoms with Crippen LogP contribution >= 0.6 is 23.2 Å². The summed E-state index contributed by atoms with van der Waals surface area (Å²) in [6.45, 7) is 3.94. The number of hydrogen-bond acceptors (Lipinski definition) is 9. The van der Waals surface area contributed by atoms with E-state index in [-0.39, 0.29) is 12.8 Å². The molecule has 1 aliphatic heterocycles. The molecular weight excluding hydrogens is 393 g/mol. The first-order valence-electron chi connectivity index (χ1n) is 7.73. The third-order valence-corrected chi connectivity index (χ3v) is 4.34. The summed E-state index contributed by atoms with van der Waals surface area (Å²) in [7, 11) is 1.11. The highest BCUT2D eigenvalue weighted by molar-refractivity contribution is 6.57.